The van der Waals surface area contributed by atoms with Crippen LogP contribution in [0, 0.1) is 11.3 Å². The van der Waals surface area contributed by atoms with E-state index in [0.29, 0.717) is 23.5 Å². The molecule has 6 heteroatoms. The van der Waals surface area contributed by atoms with Gasteiger partial charge in [0, 0.05) is 0 Å². The van der Waals surface area contributed by atoms with E-state index in [1.165, 1.54) is 7.11 Å². The van der Waals surface area contributed by atoms with Gasteiger partial charge in [0.2, 0.25) is 0 Å². The van der Waals surface area contributed by atoms with Gasteiger partial charge < -0.3 is 14.8 Å². The molecular formula is C27H24N2O4. The highest BCUT2D eigenvalue weighted by Crippen LogP contribution is 2.18. The van der Waals surface area contributed by atoms with Crippen LogP contribution in [0.1, 0.15) is 40.0 Å². The molecule has 0 fully saturated rings. The molecule has 1 unspecified atom stereocenters. The first kappa shape index (κ1) is 23.3. The molecule has 0 saturated heterocycles. The van der Waals surface area contributed by atoms with Crippen molar-refractivity contribution in [1.29, 1.82) is 5.26 Å². The summed E-state index contributed by atoms with van der Waals surface area (Å²) in [6, 6.07) is 25.4. The summed E-state index contributed by atoms with van der Waals surface area (Å²) in [5, 5.41) is 12.3. The summed E-state index contributed by atoms with van der Waals surface area (Å²) in [5.74, 6) is -0.166. The number of nitrogens with zero attached hydrogens (tertiary/aromatic N) is 1. The van der Waals surface area contributed by atoms with Crippen LogP contribution in [0.2, 0.25) is 0 Å². The fourth-order valence-electron chi connectivity index (χ4n) is 3.10. The van der Waals surface area contributed by atoms with Gasteiger partial charge in [-0.1, -0.05) is 54.6 Å². The van der Waals surface area contributed by atoms with Crippen molar-refractivity contribution in [2.24, 2.45) is 0 Å². The van der Waals surface area contributed by atoms with Gasteiger partial charge in [0.15, 0.2) is 0 Å². The first-order valence-electron chi connectivity index (χ1n) is 10.4. The quantitative estimate of drug-likeness (QED) is 0.308. The summed E-state index contributed by atoms with van der Waals surface area (Å²) in [4.78, 5) is 24.0. The Morgan fingerprint density at radius 3 is 2.27 bits per heavy atom. The minimum atomic E-state index is -0.426. The maximum absolute atomic E-state index is 12.5. The second-order valence-electron chi connectivity index (χ2n) is 7.32. The molecule has 0 aromatic heterocycles. The normalized spacial score (nSPS) is 11.7. The highest BCUT2D eigenvalue weighted by molar-refractivity contribution is 6.01. The Kier molecular flexibility index (Phi) is 7.98. The summed E-state index contributed by atoms with van der Waals surface area (Å²) < 4.78 is 10.5. The van der Waals surface area contributed by atoms with Crippen molar-refractivity contribution in [1.82, 2.24) is 5.32 Å². The second-order valence-corrected chi connectivity index (χ2v) is 7.32. The van der Waals surface area contributed by atoms with Crippen molar-refractivity contribution in [2.75, 3.05) is 7.11 Å². The van der Waals surface area contributed by atoms with Crippen LogP contribution in [-0.2, 0) is 16.1 Å². The number of carbonyl (C=O) groups excluding carboxylic acids is 2. The zero-order chi connectivity index (χ0) is 23.6. The van der Waals surface area contributed by atoms with Crippen molar-refractivity contribution in [2.45, 2.75) is 19.6 Å². The maximum Gasteiger partial charge on any atom is 0.337 e. The number of hydrogen-bond donors (Lipinski definition) is 1. The first-order valence-corrected chi connectivity index (χ1v) is 10.4. The van der Waals surface area contributed by atoms with E-state index in [2.05, 4.69) is 10.1 Å². The molecule has 3 aromatic rings. The molecule has 0 radical (unpaired) electrons. The van der Waals surface area contributed by atoms with Gasteiger partial charge in [-0.15, -0.1) is 0 Å². The number of ether oxygens (including phenoxy) is 2. The van der Waals surface area contributed by atoms with E-state index in [0.717, 1.165) is 11.1 Å². The third kappa shape index (κ3) is 6.55. The SMILES string of the molecule is COC(=O)c1ccc(COc2ccc(C=C(C#N)C(=O)NC(C)c3ccccc3)cc2)cc1. The highest BCUT2D eigenvalue weighted by Gasteiger charge is 2.13. The molecule has 0 bridgehead atoms. The standard InChI is InChI=1S/C27H24N2O4/c1-19(22-6-4-3-5-7-22)29-26(30)24(17-28)16-20-10-14-25(15-11-20)33-18-21-8-12-23(13-9-21)27(31)32-2/h3-16,19H,18H2,1-2H3,(H,29,30). The molecule has 1 amide bonds. The Hall–Kier alpha value is -4.37. The fraction of sp³-hybridized carbons (Fsp3) is 0.148. The zero-order valence-corrected chi connectivity index (χ0v) is 18.4. The molecule has 0 aliphatic carbocycles. The monoisotopic (exact) mass is 440 g/mol. The van der Waals surface area contributed by atoms with E-state index in [9.17, 15) is 14.9 Å². The average Bonchev–Trinajstić information content (AvgIpc) is 2.87. The maximum atomic E-state index is 12.5. The number of nitrogens with one attached hydrogen (secondary N) is 1. The summed E-state index contributed by atoms with van der Waals surface area (Å²) in [5.41, 5.74) is 3.08. The average molecular weight is 440 g/mol. The lowest BCUT2D eigenvalue weighted by Gasteiger charge is -2.13. The van der Waals surface area contributed by atoms with Gasteiger partial charge in [-0.25, -0.2) is 4.79 Å². The minimum absolute atomic E-state index is 0.0251. The van der Waals surface area contributed by atoms with Crippen LogP contribution in [0.4, 0.5) is 0 Å². The van der Waals surface area contributed by atoms with Gasteiger partial charge in [0.1, 0.15) is 24.0 Å². The molecular weight excluding hydrogens is 416 g/mol. The summed E-state index contributed by atoms with van der Waals surface area (Å²) in [6.07, 6.45) is 1.54. The minimum Gasteiger partial charge on any atom is -0.489 e. The van der Waals surface area contributed by atoms with Gasteiger partial charge in [-0.3, -0.25) is 4.79 Å². The Morgan fingerprint density at radius 1 is 1.00 bits per heavy atom. The number of amides is 1. The molecule has 166 valence electrons. The van der Waals surface area contributed by atoms with E-state index in [1.807, 2.05) is 43.3 Å². The predicted molar refractivity (Wildman–Crippen MR) is 125 cm³/mol. The Morgan fingerprint density at radius 2 is 1.67 bits per heavy atom. The van der Waals surface area contributed by atoms with Crippen LogP contribution in [0.25, 0.3) is 6.08 Å². The number of benzene rings is 3. The zero-order valence-electron chi connectivity index (χ0n) is 18.4. The van der Waals surface area contributed by atoms with E-state index in [-0.39, 0.29) is 17.6 Å². The summed E-state index contributed by atoms with van der Waals surface area (Å²) in [7, 11) is 1.34. The molecule has 0 saturated carbocycles. The van der Waals surface area contributed by atoms with Gasteiger partial charge in [0.25, 0.3) is 5.91 Å². The smallest absolute Gasteiger partial charge is 0.337 e. The van der Waals surface area contributed by atoms with Gasteiger partial charge in [0.05, 0.1) is 18.7 Å². The highest BCUT2D eigenvalue weighted by atomic mass is 16.5. The van der Waals surface area contributed by atoms with E-state index >= 15 is 0 Å². The Balaban J connectivity index is 1.59. The molecule has 33 heavy (non-hydrogen) atoms. The van der Waals surface area contributed by atoms with E-state index in [4.69, 9.17) is 4.74 Å². The molecule has 0 spiro atoms. The molecule has 0 aliphatic heterocycles. The van der Waals surface area contributed by atoms with E-state index < -0.39 is 5.91 Å². The van der Waals surface area contributed by atoms with Crippen LogP contribution in [0.5, 0.6) is 5.75 Å². The fourth-order valence-corrected chi connectivity index (χ4v) is 3.10. The van der Waals surface area contributed by atoms with Gasteiger partial charge in [-0.2, -0.15) is 5.26 Å². The van der Waals surface area contributed by atoms with Gasteiger partial charge in [-0.05, 0) is 54.0 Å². The van der Waals surface area contributed by atoms with Crippen LogP contribution in [-0.4, -0.2) is 19.0 Å². The number of carbonyl (C=O) groups is 2. The van der Waals surface area contributed by atoms with Crippen LogP contribution in [0.15, 0.2) is 84.4 Å². The van der Waals surface area contributed by atoms with Crippen LogP contribution in [0.3, 0.4) is 0 Å². The molecule has 0 aliphatic rings. The Labute approximate surface area is 193 Å². The number of nitriles is 1. The topological polar surface area (TPSA) is 88.4 Å². The number of esters is 1. The lowest BCUT2D eigenvalue weighted by atomic mass is 10.1. The third-order valence-electron chi connectivity index (χ3n) is 4.98. The van der Waals surface area contributed by atoms with Crippen molar-refractivity contribution < 1.29 is 19.1 Å². The molecule has 3 rings (SSSR count). The van der Waals surface area contributed by atoms with Crippen molar-refractivity contribution in [3.05, 3.63) is 107 Å². The lowest BCUT2D eigenvalue weighted by Crippen LogP contribution is -2.27. The van der Waals surface area contributed by atoms with Crippen molar-refractivity contribution in [3.63, 3.8) is 0 Å². The van der Waals surface area contributed by atoms with E-state index in [1.54, 1.807) is 54.6 Å². The Bertz CT molecular complexity index is 1160. The van der Waals surface area contributed by atoms with Crippen molar-refractivity contribution >= 4 is 18.0 Å². The third-order valence-corrected chi connectivity index (χ3v) is 4.98. The first-order chi connectivity index (χ1) is 16.0. The molecule has 1 atom stereocenters. The predicted octanol–water partition coefficient (Wildman–Crippen LogP) is 4.84. The molecule has 1 N–H and O–H groups in total. The molecule has 0 heterocycles. The molecule has 6 nitrogen and oxygen atoms in total. The largest absolute Gasteiger partial charge is 0.489 e. The number of methoxy groups -OCH3 is 1. The summed E-state index contributed by atoms with van der Waals surface area (Å²) >= 11 is 0. The molecule has 3 aromatic carbocycles. The number of rotatable bonds is 8. The second kappa shape index (κ2) is 11.3. The number of hydrogen-bond acceptors (Lipinski definition) is 5. The summed E-state index contributed by atoms with van der Waals surface area (Å²) in [6.45, 7) is 2.21. The van der Waals surface area contributed by atoms with Crippen LogP contribution < -0.4 is 10.1 Å². The van der Waals surface area contributed by atoms with Crippen molar-refractivity contribution in [3.8, 4) is 11.8 Å². The van der Waals surface area contributed by atoms with Crippen LogP contribution >= 0.6 is 0 Å². The lowest BCUT2D eigenvalue weighted by molar-refractivity contribution is -0.117. The van der Waals surface area contributed by atoms with Gasteiger partial charge >= 0.3 is 5.97 Å².